The van der Waals surface area contributed by atoms with E-state index < -0.39 is 5.41 Å². The van der Waals surface area contributed by atoms with Crippen molar-refractivity contribution in [3.05, 3.63) is 221 Å². The molecule has 1 aliphatic carbocycles. The van der Waals surface area contributed by atoms with Crippen molar-refractivity contribution in [2.45, 2.75) is 24.7 Å². The highest BCUT2D eigenvalue weighted by Gasteiger charge is 2.49. The highest BCUT2D eigenvalue weighted by atomic mass is 15.2. The number of nitrogens with zero attached hydrogens (tertiary/aromatic N) is 1. The Morgan fingerprint density at radius 3 is 1.95 bits per heavy atom. The number of para-hydroxylation sites is 3. The van der Waals surface area contributed by atoms with Crippen molar-refractivity contribution in [3.63, 3.8) is 0 Å². The third-order valence-corrected chi connectivity index (χ3v) is 13.9. The smallest absolute Gasteiger partial charge is 0.197 e. The topological polar surface area (TPSA) is 19.0 Å². The average molecular weight is 750 g/mol. The van der Waals surface area contributed by atoms with Crippen molar-refractivity contribution in [2.24, 2.45) is 0 Å². The Bertz CT molecular complexity index is 3350. The zero-order valence-electron chi connectivity index (χ0n) is 32.9. The molecule has 0 atom stereocenters. The van der Waals surface area contributed by atoms with Gasteiger partial charge in [-0.3, -0.25) is 0 Å². The number of benzene rings is 9. The third-order valence-electron chi connectivity index (χ3n) is 13.9. The monoisotopic (exact) mass is 749 g/mol. The van der Waals surface area contributed by atoms with E-state index >= 15 is 0 Å². The summed E-state index contributed by atoms with van der Waals surface area (Å²) in [6, 6.07) is 70.2. The van der Waals surface area contributed by atoms with Gasteiger partial charge in [-0.15, -0.1) is 0 Å². The van der Waals surface area contributed by atoms with Crippen LogP contribution >= 0.6 is 0 Å². The number of hydrogen-bond donors (Lipinski definition) is 1. The second kappa shape index (κ2) is 11.7. The van der Waals surface area contributed by atoms with Gasteiger partial charge in [0, 0.05) is 38.6 Å². The summed E-state index contributed by atoms with van der Waals surface area (Å²) in [4.78, 5) is 6.59. The number of H-pyrrole nitrogens is 1. The van der Waals surface area contributed by atoms with Gasteiger partial charge in [-0.1, -0.05) is 189 Å². The fraction of sp³-hybridized carbons (Fsp3) is 0.0714. The van der Waals surface area contributed by atoms with Crippen LogP contribution in [0.25, 0.3) is 54.8 Å². The van der Waals surface area contributed by atoms with E-state index in [0.29, 0.717) is 0 Å². The maximum atomic E-state index is 3.98. The minimum absolute atomic E-state index is 0.215. The lowest BCUT2D eigenvalue weighted by molar-refractivity contribution is 0.660. The first kappa shape index (κ1) is 32.9. The van der Waals surface area contributed by atoms with Crippen molar-refractivity contribution < 1.29 is 0 Å². The van der Waals surface area contributed by atoms with Gasteiger partial charge in [-0.25, -0.2) is 0 Å². The Labute approximate surface area is 344 Å². The summed E-state index contributed by atoms with van der Waals surface area (Å²) in [7, 11) is 2.50. The van der Waals surface area contributed by atoms with Crippen molar-refractivity contribution >= 4 is 67.8 Å². The highest BCUT2D eigenvalue weighted by molar-refractivity contribution is 6.73. The zero-order chi connectivity index (χ0) is 39.0. The lowest BCUT2D eigenvalue weighted by Crippen LogP contribution is -2.47. The maximum Gasteiger partial charge on any atom is 0.197 e. The number of hydrogen-bond acceptors (Lipinski definition) is 1. The number of aromatic amines is 1. The SMILES string of the molecule is CC1(C)c2ccccc2-c2c1cc1c(c2-c2cccc3c2[nH]c2ccc4ccccc4c23)[B]c2cccc3c2N1c1ccccc1C3(c1ccccc1)c1ccccc1. The van der Waals surface area contributed by atoms with Crippen LogP contribution in [0.1, 0.15) is 47.2 Å². The minimum Gasteiger partial charge on any atom is -0.354 e. The van der Waals surface area contributed by atoms with Crippen molar-refractivity contribution in [1.29, 1.82) is 0 Å². The lowest BCUT2D eigenvalue weighted by atomic mass is 9.53. The van der Waals surface area contributed by atoms with E-state index in [9.17, 15) is 0 Å². The van der Waals surface area contributed by atoms with Gasteiger partial charge in [0.2, 0.25) is 0 Å². The molecule has 0 bridgehead atoms. The Balaban J connectivity index is 1.17. The van der Waals surface area contributed by atoms with Crippen LogP contribution in [0.15, 0.2) is 188 Å². The summed E-state index contributed by atoms with van der Waals surface area (Å²) in [5.74, 6) is 0. The number of rotatable bonds is 3. The van der Waals surface area contributed by atoms with Crippen LogP contribution in [0.4, 0.5) is 17.1 Å². The molecule has 3 heterocycles. The first-order chi connectivity index (χ1) is 29.0. The molecule has 1 N–H and O–H groups in total. The van der Waals surface area contributed by atoms with E-state index in [0.717, 1.165) is 5.52 Å². The van der Waals surface area contributed by atoms with Gasteiger partial charge in [0.15, 0.2) is 7.28 Å². The normalized spacial score (nSPS) is 15.0. The fourth-order valence-corrected chi connectivity index (χ4v) is 11.4. The van der Waals surface area contributed by atoms with Gasteiger partial charge in [0.05, 0.1) is 16.6 Å². The Kier molecular flexibility index (Phi) is 6.56. The Hall–Kier alpha value is -7.10. The molecule has 1 radical (unpaired) electrons. The quantitative estimate of drug-likeness (QED) is 0.178. The molecule has 2 aliphatic heterocycles. The molecule has 59 heavy (non-hydrogen) atoms. The predicted molar refractivity (Wildman–Crippen MR) is 248 cm³/mol. The highest BCUT2D eigenvalue weighted by Crippen LogP contribution is 2.60. The molecule has 0 amide bonds. The number of anilines is 3. The first-order valence-electron chi connectivity index (χ1n) is 20.8. The molecule has 13 rings (SSSR count). The molecule has 275 valence electrons. The van der Waals surface area contributed by atoms with E-state index in [4.69, 9.17) is 0 Å². The molecular weight excluding hydrogens is 711 g/mol. The molecule has 3 heteroatoms. The van der Waals surface area contributed by atoms with E-state index in [-0.39, 0.29) is 5.41 Å². The standard InChI is InChI=1S/C56H38BN2/c1-55(2)41-26-12-11-23-38(41)50-44(55)33-48-52(51(50)40-25-15-24-39-49-37-22-10-9-17-34(37)31-32-46(49)58-53(39)40)57-45-29-16-28-43-54(45)59(48)47-30-14-13-27-42(47)56(43,35-18-5-3-6-19-35)36-20-7-4-8-21-36/h3-33,58H,1-2H3. The first-order valence-corrected chi connectivity index (χ1v) is 20.8. The van der Waals surface area contributed by atoms with Gasteiger partial charge in [-0.2, -0.15) is 0 Å². The van der Waals surface area contributed by atoms with Crippen molar-refractivity contribution in [3.8, 4) is 22.3 Å². The number of nitrogens with one attached hydrogen (secondary N) is 1. The van der Waals surface area contributed by atoms with Crippen LogP contribution < -0.4 is 15.8 Å². The molecule has 0 fully saturated rings. The van der Waals surface area contributed by atoms with Crippen LogP contribution in [0.5, 0.6) is 0 Å². The molecule has 1 aromatic heterocycles. The molecule has 0 saturated heterocycles. The molecule has 0 spiro atoms. The van der Waals surface area contributed by atoms with Crippen LogP contribution in [0, 0.1) is 0 Å². The lowest BCUT2D eigenvalue weighted by Gasteiger charge is -2.49. The van der Waals surface area contributed by atoms with E-state index in [1.54, 1.807) is 0 Å². The van der Waals surface area contributed by atoms with Crippen molar-refractivity contribution in [2.75, 3.05) is 4.90 Å². The molecular formula is C56H38BN2. The van der Waals surface area contributed by atoms with Gasteiger partial charge in [0.25, 0.3) is 0 Å². The summed E-state index contributed by atoms with van der Waals surface area (Å²) < 4.78 is 0. The second-order valence-electron chi connectivity index (χ2n) is 17.1. The third kappa shape index (κ3) is 4.17. The summed E-state index contributed by atoms with van der Waals surface area (Å²) >= 11 is 0. The van der Waals surface area contributed by atoms with Crippen molar-refractivity contribution in [1.82, 2.24) is 4.98 Å². The van der Waals surface area contributed by atoms with E-state index in [1.807, 2.05) is 0 Å². The van der Waals surface area contributed by atoms with Gasteiger partial charge in [-0.05, 0) is 84.5 Å². The molecule has 10 aromatic rings. The molecule has 9 aromatic carbocycles. The summed E-state index contributed by atoms with van der Waals surface area (Å²) in [5, 5.41) is 5.07. The van der Waals surface area contributed by atoms with Crippen LogP contribution in [0.2, 0.25) is 0 Å². The van der Waals surface area contributed by atoms with Crippen LogP contribution in [-0.2, 0) is 10.8 Å². The number of aromatic nitrogens is 1. The van der Waals surface area contributed by atoms with Gasteiger partial charge in [0.1, 0.15) is 0 Å². The molecule has 2 nitrogen and oxygen atoms in total. The Morgan fingerprint density at radius 1 is 0.492 bits per heavy atom. The zero-order valence-corrected chi connectivity index (χ0v) is 32.9. The predicted octanol–water partition coefficient (Wildman–Crippen LogP) is 12.6. The van der Waals surface area contributed by atoms with E-state index in [1.165, 1.54) is 111 Å². The summed E-state index contributed by atoms with van der Waals surface area (Å²) in [6.45, 7) is 4.82. The summed E-state index contributed by atoms with van der Waals surface area (Å²) in [5.41, 5.74) is 20.8. The Morgan fingerprint density at radius 2 is 1.14 bits per heavy atom. The largest absolute Gasteiger partial charge is 0.354 e. The molecule has 3 aliphatic rings. The molecule has 0 saturated carbocycles. The minimum atomic E-state index is -0.528. The summed E-state index contributed by atoms with van der Waals surface area (Å²) in [6.07, 6.45) is 0. The molecule has 0 unspecified atom stereocenters. The van der Waals surface area contributed by atoms with E-state index in [2.05, 4.69) is 219 Å². The van der Waals surface area contributed by atoms with Gasteiger partial charge >= 0.3 is 0 Å². The second-order valence-corrected chi connectivity index (χ2v) is 17.1. The van der Waals surface area contributed by atoms with Crippen LogP contribution in [-0.4, -0.2) is 12.3 Å². The number of fused-ring (bicyclic) bond motifs is 12. The average Bonchev–Trinajstić information content (AvgIpc) is 3.79. The maximum absolute atomic E-state index is 3.98. The van der Waals surface area contributed by atoms with Crippen LogP contribution in [0.3, 0.4) is 0 Å². The fourth-order valence-electron chi connectivity index (χ4n) is 11.4. The van der Waals surface area contributed by atoms with Gasteiger partial charge < -0.3 is 9.88 Å².